The normalized spacial score (nSPS) is 17.7. The lowest BCUT2D eigenvalue weighted by Crippen LogP contribution is -2.15. The monoisotopic (exact) mass is 362 g/mol. The van der Waals surface area contributed by atoms with Crippen molar-refractivity contribution in [3.63, 3.8) is 0 Å². The third-order valence-corrected chi connectivity index (χ3v) is 3.34. The maximum atomic E-state index is 13.2. The van der Waals surface area contributed by atoms with Gasteiger partial charge in [0, 0.05) is 5.56 Å². The molecule has 2 rings (SSSR count). The van der Waals surface area contributed by atoms with Crippen LogP contribution in [-0.2, 0) is 15.7 Å². The largest absolute Gasteiger partial charge is 0.417 e. The van der Waals surface area contributed by atoms with Crippen molar-refractivity contribution in [3.8, 4) is 0 Å². The van der Waals surface area contributed by atoms with E-state index in [1.54, 1.807) is 0 Å². The molecule has 1 fully saturated rings. The molecule has 7 heteroatoms. The fourth-order valence-corrected chi connectivity index (χ4v) is 2.39. The van der Waals surface area contributed by atoms with Crippen LogP contribution in [0.1, 0.15) is 17.4 Å². The molecule has 0 radical (unpaired) electrons. The minimum atomic E-state index is -4.64. The second-order valence-electron chi connectivity index (χ2n) is 3.40. The molecule has 0 amide bonds. The lowest BCUT2D eigenvalue weighted by atomic mass is 10.1. The zero-order valence-electron chi connectivity index (χ0n) is 8.35. The lowest BCUT2D eigenvalue weighted by Gasteiger charge is -2.18. The Morgan fingerprint density at radius 3 is 2.29 bits per heavy atom. The van der Waals surface area contributed by atoms with Gasteiger partial charge < -0.3 is 9.47 Å². The van der Waals surface area contributed by atoms with Crippen molar-refractivity contribution in [1.29, 1.82) is 0 Å². The van der Waals surface area contributed by atoms with Crippen molar-refractivity contribution < 1.29 is 27.0 Å². The van der Waals surface area contributed by atoms with E-state index >= 15 is 0 Å². The third-order valence-electron chi connectivity index (χ3n) is 2.29. The van der Waals surface area contributed by atoms with E-state index in [-0.39, 0.29) is 18.8 Å². The number of alkyl halides is 3. The summed E-state index contributed by atoms with van der Waals surface area (Å²) >= 11 is 1.34. The van der Waals surface area contributed by atoms with Crippen LogP contribution < -0.4 is 0 Å². The summed E-state index contributed by atoms with van der Waals surface area (Å²) in [4.78, 5) is 0. The highest BCUT2D eigenvalue weighted by molar-refractivity contribution is 14.1. The number of halogens is 5. The molecule has 0 aromatic heterocycles. The Bertz CT molecular complexity index is 427. The van der Waals surface area contributed by atoms with Crippen LogP contribution in [0.2, 0.25) is 0 Å². The van der Waals surface area contributed by atoms with Gasteiger partial charge in [-0.3, -0.25) is 0 Å². The summed E-state index contributed by atoms with van der Waals surface area (Å²) in [6, 6.07) is 2.04. The molecular weight excluding hydrogens is 355 g/mol. The van der Waals surface area contributed by atoms with Gasteiger partial charge in [0.2, 0.25) is 0 Å². The molecule has 0 aliphatic carbocycles. The number of rotatable bonds is 1. The van der Waals surface area contributed by atoms with Crippen molar-refractivity contribution in [2.75, 3.05) is 13.2 Å². The van der Waals surface area contributed by atoms with Crippen LogP contribution in [0, 0.1) is 9.39 Å². The van der Waals surface area contributed by atoms with Crippen LogP contribution in [0.5, 0.6) is 0 Å². The molecule has 0 saturated carbocycles. The Balaban J connectivity index is 2.54. The van der Waals surface area contributed by atoms with E-state index < -0.39 is 27.4 Å². The molecule has 2 nitrogen and oxygen atoms in total. The minimum Gasteiger partial charge on any atom is -0.346 e. The van der Waals surface area contributed by atoms with Crippen molar-refractivity contribution in [1.82, 2.24) is 0 Å². The van der Waals surface area contributed by atoms with Crippen LogP contribution in [0.25, 0.3) is 0 Å². The summed E-state index contributed by atoms with van der Waals surface area (Å²) in [5, 5.41) is 0. The average molecular weight is 362 g/mol. The standard InChI is InChI=1S/C10H7F4IO2/c11-6-2-1-5(9-16-3-4-17-9)7(8(6)15)10(12,13)14/h1-2,9H,3-4H2. The summed E-state index contributed by atoms with van der Waals surface area (Å²) in [5.74, 6) is -0.903. The first kappa shape index (κ1) is 13.0. The van der Waals surface area contributed by atoms with Gasteiger partial charge in [-0.2, -0.15) is 13.2 Å². The molecule has 0 atom stereocenters. The maximum absolute atomic E-state index is 13.2. The topological polar surface area (TPSA) is 18.5 Å². The van der Waals surface area contributed by atoms with E-state index in [9.17, 15) is 17.6 Å². The first-order valence-corrected chi connectivity index (χ1v) is 5.77. The van der Waals surface area contributed by atoms with E-state index in [4.69, 9.17) is 9.47 Å². The summed E-state index contributed by atoms with van der Waals surface area (Å²) in [7, 11) is 0. The Labute approximate surface area is 108 Å². The summed E-state index contributed by atoms with van der Waals surface area (Å²) in [6.07, 6.45) is -5.70. The van der Waals surface area contributed by atoms with Gasteiger partial charge >= 0.3 is 6.18 Å². The van der Waals surface area contributed by atoms with Crippen LogP contribution in [0.15, 0.2) is 12.1 Å². The van der Waals surface area contributed by atoms with Gasteiger partial charge in [0.05, 0.1) is 22.3 Å². The summed E-state index contributed by atoms with van der Waals surface area (Å²) in [5.41, 5.74) is -1.20. The van der Waals surface area contributed by atoms with Crippen molar-refractivity contribution >= 4 is 22.6 Å². The van der Waals surface area contributed by atoms with Gasteiger partial charge in [-0.25, -0.2) is 4.39 Å². The van der Waals surface area contributed by atoms with Crippen molar-refractivity contribution in [3.05, 3.63) is 32.6 Å². The average Bonchev–Trinajstić information content (AvgIpc) is 2.73. The molecule has 0 unspecified atom stereocenters. The summed E-state index contributed by atoms with van der Waals surface area (Å²) < 4.78 is 61.3. The summed E-state index contributed by atoms with van der Waals surface area (Å²) in [6.45, 7) is 0.464. The van der Waals surface area contributed by atoms with Gasteiger partial charge in [0.1, 0.15) is 5.82 Å². The van der Waals surface area contributed by atoms with E-state index in [1.807, 2.05) is 0 Å². The van der Waals surface area contributed by atoms with Gasteiger partial charge in [-0.1, -0.05) is 6.07 Å². The first-order chi connectivity index (χ1) is 7.91. The SMILES string of the molecule is Fc1ccc(C2OCCO2)c(C(F)(F)F)c1I. The highest BCUT2D eigenvalue weighted by atomic mass is 127. The molecule has 0 N–H and O–H groups in total. The smallest absolute Gasteiger partial charge is 0.346 e. The van der Waals surface area contributed by atoms with E-state index in [0.717, 1.165) is 12.1 Å². The molecule has 1 aliphatic rings. The second kappa shape index (κ2) is 4.69. The molecule has 1 aromatic rings. The highest BCUT2D eigenvalue weighted by Crippen LogP contribution is 2.40. The van der Waals surface area contributed by atoms with Crippen molar-refractivity contribution in [2.24, 2.45) is 0 Å². The predicted molar refractivity (Wildman–Crippen MR) is 58.8 cm³/mol. The Kier molecular flexibility index (Phi) is 3.60. The quantitative estimate of drug-likeness (QED) is 0.563. The Hall–Kier alpha value is -0.410. The molecule has 0 bridgehead atoms. The van der Waals surface area contributed by atoms with Crippen LogP contribution in [0.4, 0.5) is 17.6 Å². The van der Waals surface area contributed by atoms with E-state index in [0.29, 0.717) is 0 Å². The molecule has 1 heterocycles. The maximum Gasteiger partial charge on any atom is 0.417 e. The minimum absolute atomic E-state index is 0.180. The van der Waals surface area contributed by atoms with Gasteiger partial charge in [-0.05, 0) is 28.7 Å². The van der Waals surface area contributed by atoms with Crippen molar-refractivity contribution in [2.45, 2.75) is 12.5 Å². The number of benzene rings is 1. The number of hydrogen-bond donors (Lipinski definition) is 0. The van der Waals surface area contributed by atoms with Gasteiger partial charge in [0.25, 0.3) is 0 Å². The Morgan fingerprint density at radius 2 is 1.76 bits per heavy atom. The molecule has 1 saturated heterocycles. The highest BCUT2D eigenvalue weighted by Gasteiger charge is 2.39. The Morgan fingerprint density at radius 1 is 1.18 bits per heavy atom. The third kappa shape index (κ3) is 2.55. The van der Waals surface area contributed by atoms with Crippen LogP contribution in [-0.4, -0.2) is 13.2 Å². The fraction of sp³-hybridized carbons (Fsp3) is 0.400. The molecule has 0 spiro atoms. The fourth-order valence-electron chi connectivity index (χ4n) is 1.59. The zero-order chi connectivity index (χ0) is 12.6. The van der Waals surface area contributed by atoms with Gasteiger partial charge in [0.15, 0.2) is 6.29 Å². The number of hydrogen-bond acceptors (Lipinski definition) is 2. The molecule has 94 valence electrons. The predicted octanol–water partition coefficient (Wildman–Crippen LogP) is 3.49. The molecular formula is C10H7F4IO2. The molecule has 1 aliphatic heterocycles. The zero-order valence-corrected chi connectivity index (χ0v) is 10.5. The lowest BCUT2D eigenvalue weighted by molar-refractivity contribution is -0.143. The molecule has 1 aromatic carbocycles. The van der Waals surface area contributed by atoms with Crippen LogP contribution >= 0.6 is 22.6 Å². The van der Waals surface area contributed by atoms with Crippen LogP contribution in [0.3, 0.4) is 0 Å². The second-order valence-corrected chi connectivity index (χ2v) is 4.48. The van der Waals surface area contributed by atoms with E-state index in [1.165, 1.54) is 22.6 Å². The van der Waals surface area contributed by atoms with E-state index in [2.05, 4.69) is 0 Å². The molecule has 17 heavy (non-hydrogen) atoms. The first-order valence-electron chi connectivity index (χ1n) is 4.69. The number of ether oxygens (including phenoxy) is 2. The van der Waals surface area contributed by atoms with Gasteiger partial charge in [-0.15, -0.1) is 0 Å².